The molecule has 156 valence electrons. The maximum atomic E-state index is 13.0. The Kier molecular flexibility index (Phi) is 6.33. The van der Waals surface area contributed by atoms with Crippen LogP contribution < -0.4 is 15.9 Å². The number of benzene rings is 3. The summed E-state index contributed by atoms with van der Waals surface area (Å²) >= 11 is 0. The van der Waals surface area contributed by atoms with Crippen LogP contribution in [0.5, 0.6) is 0 Å². The molecule has 3 aromatic rings. The molecule has 1 atom stereocenters. The van der Waals surface area contributed by atoms with Crippen LogP contribution in [0.15, 0.2) is 78.9 Å². The topological polar surface area (TPSA) is 26.3 Å². The van der Waals surface area contributed by atoms with Gasteiger partial charge in [0, 0.05) is 0 Å². The zero-order chi connectivity index (χ0) is 21.9. The lowest BCUT2D eigenvalue weighted by atomic mass is 10.1. The van der Waals surface area contributed by atoms with E-state index in [0.29, 0.717) is 5.56 Å². The van der Waals surface area contributed by atoms with E-state index in [1.54, 1.807) is 32.9 Å². The van der Waals surface area contributed by atoms with E-state index in [0.717, 1.165) is 28.0 Å². The molecule has 0 heterocycles. The summed E-state index contributed by atoms with van der Waals surface area (Å²) in [5.74, 6) is -0.451. The molecule has 0 saturated carbocycles. The van der Waals surface area contributed by atoms with Crippen LogP contribution in [0, 0.1) is 0 Å². The Morgan fingerprint density at radius 3 is 1.87 bits per heavy atom. The highest BCUT2D eigenvalue weighted by Gasteiger charge is 2.31. The summed E-state index contributed by atoms with van der Waals surface area (Å²) in [7, 11) is -1.26. The Morgan fingerprint density at radius 2 is 1.30 bits per heavy atom. The molecule has 2 nitrogen and oxygen atoms in total. The van der Waals surface area contributed by atoms with E-state index in [1.165, 1.54) is 12.1 Å². The summed E-state index contributed by atoms with van der Waals surface area (Å²) in [5, 5.41) is 2.40. The highest BCUT2D eigenvalue weighted by Crippen LogP contribution is 2.36. The molecule has 6 heteroatoms. The third-order valence-electron chi connectivity index (χ3n) is 4.23. The molecule has 0 N–H and O–H groups in total. The lowest BCUT2D eigenvalue weighted by Crippen LogP contribution is -2.30. The number of ether oxygens (including phenoxy) is 1. The predicted octanol–water partition coefficient (Wildman–Crippen LogP) is 5.42. The van der Waals surface area contributed by atoms with Gasteiger partial charge in [-0.1, -0.05) is 60.7 Å². The fraction of sp³-hybridized carbons (Fsp3) is 0.208. The van der Waals surface area contributed by atoms with Crippen molar-refractivity contribution >= 4 is 29.8 Å². The first kappa shape index (κ1) is 22.0. The predicted molar refractivity (Wildman–Crippen MR) is 115 cm³/mol. The summed E-state index contributed by atoms with van der Waals surface area (Å²) < 4.78 is 44.7. The first-order valence-electron chi connectivity index (χ1n) is 9.41. The minimum absolute atomic E-state index is 0.419. The third kappa shape index (κ3) is 5.28. The second kappa shape index (κ2) is 8.61. The van der Waals surface area contributed by atoms with Crippen molar-refractivity contribution in [2.45, 2.75) is 32.5 Å². The number of esters is 1. The van der Waals surface area contributed by atoms with E-state index in [1.807, 2.05) is 42.5 Å². The molecule has 0 radical (unpaired) electrons. The summed E-state index contributed by atoms with van der Waals surface area (Å²) in [6, 6.07) is 21.8. The van der Waals surface area contributed by atoms with Gasteiger partial charge in [0.1, 0.15) is 5.60 Å². The van der Waals surface area contributed by atoms with Crippen molar-refractivity contribution in [3.63, 3.8) is 0 Å². The molecule has 0 aliphatic carbocycles. The Labute approximate surface area is 175 Å². The van der Waals surface area contributed by atoms with Crippen molar-refractivity contribution in [1.82, 2.24) is 0 Å². The van der Waals surface area contributed by atoms with Crippen LogP contribution in [-0.2, 0) is 10.9 Å². The quantitative estimate of drug-likeness (QED) is 0.408. The lowest BCUT2D eigenvalue weighted by molar-refractivity contribution is -0.137. The van der Waals surface area contributed by atoms with E-state index in [9.17, 15) is 18.0 Å². The molecule has 0 amide bonds. The van der Waals surface area contributed by atoms with Crippen LogP contribution in [0.25, 0.3) is 0 Å². The second-order valence-corrected chi connectivity index (χ2v) is 9.92. The fourth-order valence-electron chi connectivity index (χ4n) is 2.98. The standard InChI is InChI=1S/C24H22F3O2P/c1-23(2,3)29-22(28)20-11-7-8-12-21(20)30(18-9-5-4-6-10-18)19-15-13-17(14-16-19)24(25,26)27/h4-16H,1-3H3. The van der Waals surface area contributed by atoms with E-state index in [2.05, 4.69) is 0 Å². The zero-order valence-electron chi connectivity index (χ0n) is 16.9. The summed E-state index contributed by atoms with van der Waals surface area (Å²) in [4.78, 5) is 12.9. The average molecular weight is 430 g/mol. The van der Waals surface area contributed by atoms with Gasteiger partial charge in [-0.3, -0.25) is 0 Å². The molecular formula is C24H22F3O2P. The molecule has 3 rings (SSSR count). The molecule has 0 spiro atoms. The molecule has 0 aromatic heterocycles. The maximum absolute atomic E-state index is 13.0. The van der Waals surface area contributed by atoms with Gasteiger partial charge in [-0.15, -0.1) is 0 Å². The first-order chi connectivity index (χ1) is 14.1. The third-order valence-corrected chi connectivity index (χ3v) is 6.73. The molecule has 0 bridgehead atoms. The van der Waals surface area contributed by atoms with Gasteiger partial charge in [-0.2, -0.15) is 13.2 Å². The van der Waals surface area contributed by atoms with Crippen LogP contribution in [0.4, 0.5) is 13.2 Å². The van der Waals surface area contributed by atoms with Gasteiger partial charge in [0.25, 0.3) is 0 Å². The Balaban J connectivity index is 2.13. The number of carbonyl (C=O) groups is 1. The van der Waals surface area contributed by atoms with Gasteiger partial charge >= 0.3 is 12.1 Å². The van der Waals surface area contributed by atoms with Crippen molar-refractivity contribution in [3.8, 4) is 0 Å². The van der Waals surface area contributed by atoms with E-state index in [4.69, 9.17) is 4.74 Å². The summed E-state index contributed by atoms with van der Waals surface area (Å²) in [5.41, 5.74) is -0.939. The van der Waals surface area contributed by atoms with Crippen LogP contribution in [0.1, 0.15) is 36.7 Å². The monoisotopic (exact) mass is 430 g/mol. The molecule has 1 unspecified atom stereocenters. The molecule has 0 aliphatic heterocycles. The van der Waals surface area contributed by atoms with Crippen LogP contribution >= 0.6 is 7.92 Å². The minimum Gasteiger partial charge on any atom is -0.456 e. The van der Waals surface area contributed by atoms with Crippen molar-refractivity contribution in [2.24, 2.45) is 0 Å². The first-order valence-corrected chi connectivity index (χ1v) is 10.8. The largest absolute Gasteiger partial charge is 0.456 e. The average Bonchev–Trinajstić information content (AvgIpc) is 2.68. The zero-order valence-corrected chi connectivity index (χ0v) is 17.8. The molecular weight excluding hydrogens is 408 g/mol. The Hall–Kier alpha value is -2.65. The van der Waals surface area contributed by atoms with Gasteiger partial charge in [0.15, 0.2) is 0 Å². The molecule has 30 heavy (non-hydrogen) atoms. The number of hydrogen-bond donors (Lipinski definition) is 0. The maximum Gasteiger partial charge on any atom is 0.416 e. The number of alkyl halides is 3. The highest BCUT2D eigenvalue weighted by atomic mass is 31.1. The van der Waals surface area contributed by atoms with Crippen molar-refractivity contribution < 1.29 is 22.7 Å². The number of hydrogen-bond acceptors (Lipinski definition) is 2. The SMILES string of the molecule is CC(C)(C)OC(=O)c1ccccc1P(c1ccccc1)c1ccc(C(F)(F)F)cc1. The van der Waals surface area contributed by atoms with Crippen molar-refractivity contribution in [1.29, 1.82) is 0 Å². The van der Waals surface area contributed by atoms with Gasteiger partial charge in [0.05, 0.1) is 11.1 Å². The molecule has 0 aliphatic rings. The van der Waals surface area contributed by atoms with Gasteiger partial charge in [-0.25, -0.2) is 4.79 Å². The Morgan fingerprint density at radius 1 is 0.767 bits per heavy atom. The highest BCUT2D eigenvalue weighted by molar-refractivity contribution is 7.80. The van der Waals surface area contributed by atoms with E-state index < -0.39 is 31.2 Å². The smallest absolute Gasteiger partial charge is 0.416 e. The van der Waals surface area contributed by atoms with Crippen molar-refractivity contribution in [2.75, 3.05) is 0 Å². The number of rotatable bonds is 4. The van der Waals surface area contributed by atoms with Gasteiger partial charge in [0.2, 0.25) is 0 Å². The van der Waals surface area contributed by atoms with E-state index >= 15 is 0 Å². The molecule has 0 fully saturated rings. The fourth-order valence-corrected chi connectivity index (χ4v) is 5.39. The van der Waals surface area contributed by atoms with Gasteiger partial charge < -0.3 is 4.74 Å². The second-order valence-electron chi connectivity index (χ2n) is 7.73. The minimum atomic E-state index is -4.40. The van der Waals surface area contributed by atoms with Crippen LogP contribution in [0.3, 0.4) is 0 Å². The summed E-state index contributed by atoms with van der Waals surface area (Å²) in [6.45, 7) is 5.39. The van der Waals surface area contributed by atoms with Crippen LogP contribution in [-0.4, -0.2) is 11.6 Å². The number of halogens is 3. The molecule has 3 aromatic carbocycles. The lowest BCUT2D eigenvalue weighted by Gasteiger charge is -2.24. The molecule has 0 saturated heterocycles. The summed E-state index contributed by atoms with van der Waals surface area (Å²) in [6.07, 6.45) is -4.40. The van der Waals surface area contributed by atoms with Crippen molar-refractivity contribution in [3.05, 3.63) is 90.0 Å². The Bertz CT molecular complexity index is 1010. The van der Waals surface area contributed by atoms with E-state index in [-0.39, 0.29) is 0 Å². The van der Waals surface area contributed by atoms with Crippen LogP contribution in [0.2, 0.25) is 0 Å². The van der Waals surface area contributed by atoms with Gasteiger partial charge in [-0.05, 0) is 62.8 Å². The normalized spacial score (nSPS) is 13.0. The number of carbonyl (C=O) groups excluding carboxylic acids is 1.